The number of hydrogen-bond acceptors (Lipinski definition) is 1. The van der Waals surface area contributed by atoms with E-state index in [9.17, 15) is 4.79 Å². The van der Waals surface area contributed by atoms with E-state index in [2.05, 4.69) is 45.9 Å². The Morgan fingerprint density at radius 1 is 1.19 bits per heavy atom. The van der Waals surface area contributed by atoms with Crippen LogP contribution in [0.3, 0.4) is 0 Å². The summed E-state index contributed by atoms with van der Waals surface area (Å²) in [6, 6.07) is 6.35. The summed E-state index contributed by atoms with van der Waals surface area (Å²) in [7, 11) is 0. The standard InChI is InChI=1S/C14H19NO/c1-10-5-7-12-11(9-10)6-8-13(16)15(12)14(2,3)4/h5,7,9H,6,8H2,1-4H3. The zero-order chi connectivity index (χ0) is 11.9. The molecule has 1 heterocycles. The second kappa shape index (κ2) is 3.62. The van der Waals surface area contributed by atoms with Crippen LogP contribution in [0.2, 0.25) is 0 Å². The molecule has 0 spiro atoms. The van der Waals surface area contributed by atoms with Gasteiger partial charge in [0.05, 0.1) is 0 Å². The van der Waals surface area contributed by atoms with Crippen LogP contribution in [0, 0.1) is 6.92 Å². The highest BCUT2D eigenvalue weighted by Gasteiger charge is 2.32. The smallest absolute Gasteiger partial charge is 0.227 e. The second-order valence-electron chi connectivity index (χ2n) is 5.53. The maximum Gasteiger partial charge on any atom is 0.227 e. The van der Waals surface area contributed by atoms with Crippen molar-refractivity contribution in [3.8, 4) is 0 Å². The monoisotopic (exact) mass is 217 g/mol. The Kier molecular flexibility index (Phi) is 2.53. The summed E-state index contributed by atoms with van der Waals surface area (Å²) in [6.45, 7) is 8.34. The van der Waals surface area contributed by atoms with Crippen molar-refractivity contribution in [3.05, 3.63) is 29.3 Å². The molecule has 0 atom stereocenters. The first kappa shape index (κ1) is 11.2. The fourth-order valence-electron chi connectivity index (χ4n) is 2.36. The molecule has 0 fully saturated rings. The van der Waals surface area contributed by atoms with Crippen LogP contribution in [0.25, 0.3) is 0 Å². The SMILES string of the molecule is Cc1ccc2c(c1)CCC(=O)N2C(C)(C)C. The number of anilines is 1. The highest BCUT2D eigenvalue weighted by molar-refractivity contribution is 5.97. The van der Waals surface area contributed by atoms with E-state index >= 15 is 0 Å². The Hall–Kier alpha value is -1.31. The average molecular weight is 217 g/mol. The van der Waals surface area contributed by atoms with E-state index in [-0.39, 0.29) is 11.4 Å². The first-order chi connectivity index (χ1) is 7.39. The zero-order valence-corrected chi connectivity index (χ0v) is 10.5. The Labute approximate surface area is 97.3 Å². The molecule has 0 saturated carbocycles. The predicted octanol–water partition coefficient (Wildman–Crippen LogP) is 3.07. The molecule has 0 radical (unpaired) electrons. The Balaban J connectivity index is 2.53. The van der Waals surface area contributed by atoms with Crippen molar-refractivity contribution in [2.45, 2.75) is 46.1 Å². The van der Waals surface area contributed by atoms with Gasteiger partial charge >= 0.3 is 0 Å². The lowest BCUT2D eigenvalue weighted by Gasteiger charge is -2.39. The molecule has 2 nitrogen and oxygen atoms in total. The summed E-state index contributed by atoms with van der Waals surface area (Å²) < 4.78 is 0. The Morgan fingerprint density at radius 3 is 2.50 bits per heavy atom. The molecule has 0 bridgehead atoms. The van der Waals surface area contributed by atoms with Crippen molar-refractivity contribution in [1.82, 2.24) is 0 Å². The third-order valence-electron chi connectivity index (χ3n) is 3.00. The first-order valence-corrected chi connectivity index (χ1v) is 5.82. The minimum absolute atomic E-state index is 0.137. The van der Waals surface area contributed by atoms with Gasteiger partial charge in [0, 0.05) is 17.6 Å². The maximum atomic E-state index is 12.0. The van der Waals surface area contributed by atoms with Gasteiger partial charge in [0.15, 0.2) is 0 Å². The number of nitrogens with zero attached hydrogens (tertiary/aromatic N) is 1. The van der Waals surface area contributed by atoms with Crippen molar-refractivity contribution in [2.24, 2.45) is 0 Å². The van der Waals surface area contributed by atoms with Crippen LogP contribution in [0.1, 0.15) is 38.3 Å². The number of aryl methyl sites for hydroxylation is 2. The maximum absolute atomic E-state index is 12.0. The van der Waals surface area contributed by atoms with Crippen LogP contribution in [0.4, 0.5) is 5.69 Å². The van der Waals surface area contributed by atoms with Crippen molar-refractivity contribution in [3.63, 3.8) is 0 Å². The molecule has 0 N–H and O–H groups in total. The number of amides is 1. The zero-order valence-electron chi connectivity index (χ0n) is 10.5. The number of carbonyl (C=O) groups is 1. The molecule has 1 aliphatic rings. The number of rotatable bonds is 0. The lowest BCUT2D eigenvalue weighted by atomic mass is 9.94. The highest BCUT2D eigenvalue weighted by Crippen LogP contribution is 2.33. The van der Waals surface area contributed by atoms with Gasteiger partial charge in [-0.2, -0.15) is 0 Å². The Morgan fingerprint density at radius 2 is 1.88 bits per heavy atom. The van der Waals surface area contributed by atoms with Gasteiger partial charge in [0.25, 0.3) is 0 Å². The highest BCUT2D eigenvalue weighted by atomic mass is 16.2. The first-order valence-electron chi connectivity index (χ1n) is 5.82. The summed E-state index contributed by atoms with van der Waals surface area (Å²) >= 11 is 0. The van der Waals surface area contributed by atoms with E-state index < -0.39 is 0 Å². The molecule has 1 aromatic rings. The molecule has 1 aliphatic heterocycles. The summed E-state index contributed by atoms with van der Waals surface area (Å²) in [4.78, 5) is 14.0. The lowest BCUT2D eigenvalue weighted by molar-refractivity contribution is -0.119. The molecule has 16 heavy (non-hydrogen) atoms. The molecule has 0 unspecified atom stereocenters. The van der Waals surface area contributed by atoms with Crippen LogP contribution >= 0.6 is 0 Å². The van der Waals surface area contributed by atoms with Crippen LogP contribution in [-0.4, -0.2) is 11.4 Å². The number of fused-ring (bicyclic) bond motifs is 1. The normalized spacial score (nSPS) is 16.2. The molecule has 2 heteroatoms. The van der Waals surface area contributed by atoms with Gasteiger partial charge in [-0.05, 0) is 45.7 Å². The van der Waals surface area contributed by atoms with E-state index in [1.165, 1.54) is 11.1 Å². The van der Waals surface area contributed by atoms with Crippen LogP contribution in [-0.2, 0) is 11.2 Å². The molecule has 1 amide bonds. The quantitative estimate of drug-likeness (QED) is 0.654. The van der Waals surface area contributed by atoms with Gasteiger partial charge in [-0.15, -0.1) is 0 Å². The van der Waals surface area contributed by atoms with Crippen LogP contribution in [0.5, 0.6) is 0 Å². The van der Waals surface area contributed by atoms with E-state index in [0.717, 1.165) is 12.1 Å². The van der Waals surface area contributed by atoms with Crippen LogP contribution < -0.4 is 4.90 Å². The predicted molar refractivity (Wildman–Crippen MR) is 66.7 cm³/mol. The topological polar surface area (TPSA) is 20.3 Å². The summed E-state index contributed by atoms with van der Waals surface area (Å²) in [6.07, 6.45) is 1.51. The Bertz CT molecular complexity index is 429. The fourth-order valence-corrected chi connectivity index (χ4v) is 2.36. The molecule has 86 valence electrons. The van der Waals surface area contributed by atoms with E-state index in [1.54, 1.807) is 0 Å². The van der Waals surface area contributed by atoms with Gasteiger partial charge in [-0.25, -0.2) is 0 Å². The van der Waals surface area contributed by atoms with Crippen LogP contribution in [0.15, 0.2) is 18.2 Å². The molecule has 0 aliphatic carbocycles. The summed E-state index contributed by atoms with van der Waals surface area (Å²) in [5.74, 6) is 0.240. The van der Waals surface area contributed by atoms with Gasteiger partial charge in [0.2, 0.25) is 5.91 Å². The van der Waals surface area contributed by atoms with E-state index in [4.69, 9.17) is 0 Å². The minimum atomic E-state index is -0.137. The van der Waals surface area contributed by atoms with Crippen molar-refractivity contribution in [1.29, 1.82) is 0 Å². The van der Waals surface area contributed by atoms with Crippen molar-refractivity contribution in [2.75, 3.05) is 4.90 Å². The summed E-state index contributed by atoms with van der Waals surface area (Å²) in [5.41, 5.74) is 3.52. The van der Waals surface area contributed by atoms with Gasteiger partial charge < -0.3 is 4.90 Å². The molecule has 0 aromatic heterocycles. The minimum Gasteiger partial charge on any atom is -0.307 e. The van der Waals surface area contributed by atoms with Gasteiger partial charge in [0.1, 0.15) is 0 Å². The van der Waals surface area contributed by atoms with E-state index in [1.807, 2.05) is 4.90 Å². The van der Waals surface area contributed by atoms with E-state index in [0.29, 0.717) is 6.42 Å². The van der Waals surface area contributed by atoms with Crippen molar-refractivity contribution < 1.29 is 4.79 Å². The molecular formula is C14H19NO. The molecule has 2 rings (SSSR count). The number of benzene rings is 1. The molecule has 0 saturated heterocycles. The van der Waals surface area contributed by atoms with Gasteiger partial charge in [-0.1, -0.05) is 17.7 Å². The number of hydrogen-bond donors (Lipinski definition) is 0. The molecular weight excluding hydrogens is 198 g/mol. The largest absolute Gasteiger partial charge is 0.307 e. The second-order valence-corrected chi connectivity index (χ2v) is 5.53. The van der Waals surface area contributed by atoms with Gasteiger partial charge in [-0.3, -0.25) is 4.79 Å². The fraction of sp³-hybridized carbons (Fsp3) is 0.500. The third-order valence-corrected chi connectivity index (χ3v) is 3.00. The average Bonchev–Trinajstić information content (AvgIpc) is 2.16. The molecule has 1 aromatic carbocycles. The lowest BCUT2D eigenvalue weighted by Crippen LogP contribution is -2.48. The van der Waals surface area contributed by atoms with Crippen molar-refractivity contribution >= 4 is 11.6 Å². The third kappa shape index (κ3) is 1.84. The number of carbonyl (C=O) groups excluding carboxylic acids is 1. The summed E-state index contributed by atoms with van der Waals surface area (Å²) in [5, 5.41) is 0.